The lowest BCUT2D eigenvalue weighted by Crippen LogP contribution is -2.30. The topological polar surface area (TPSA) is 37.3 Å². The third kappa shape index (κ3) is 2.13. The van der Waals surface area contributed by atoms with Crippen LogP contribution in [0.2, 0.25) is 0 Å². The number of hydrogen-bond donors (Lipinski definition) is 1. The van der Waals surface area contributed by atoms with Gasteiger partial charge in [-0.25, -0.2) is 0 Å². The van der Waals surface area contributed by atoms with Gasteiger partial charge in [0.15, 0.2) is 0 Å². The van der Waals surface area contributed by atoms with Gasteiger partial charge in [0.2, 0.25) is 0 Å². The van der Waals surface area contributed by atoms with Crippen LogP contribution in [0.25, 0.3) is 0 Å². The van der Waals surface area contributed by atoms with E-state index < -0.39 is 5.97 Å². The molecule has 0 bridgehead atoms. The van der Waals surface area contributed by atoms with E-state index in [0.29, 0.717) is 5.92 Å². The maximum absolute atomic E-state index is 10.8. The van der Waals surface area contributed by atoms with Gasteiger partial charge in [0.1, 0.15) is 0 Å². The van der Waals surface area contributed by atoms with Gasteiger partial charge in [-0.1, -0.05) is 13.3 Å². The second-order valence-corrected chi connectivity index (χ2v) is 4.14. The van der Waals surface area contributed by atoms with Crippen LogP contribution in [-0.4, -0.2) is 16.5 Å². The lowest BCUT2D eigenvalue weighted by atomic mass is 9.78. The smallest absolute Gasteiger partial charge is 0.306 e. The Labute approximate surface area is 77.9 Å². The molecule has 0 heterocycles. The van der Waals surface area contributed by atoms with Gasteiger partial charge < -0.3 is 5.11 Å². The molecule has 2 nitrogen and oxygen atoms in total. The van der Waals surface area contributed by atoms with Crippen molar-refractivity contribution in [3.63, 3.8) is 0 Å². The number of hydrogen-bond acceptors (Lipinski definition) is 1. The Morgan fingerprint density at radius 1 is 1.58 bits per heavy atom. The molecule has 0 saturated heterocycles. The van der Waals surface area contributed by atoms with Crippen molar-refractivity contribution in [2.45, 2.75) is 38.0 Å². The van der Waals surface area contributed by atoms with Crippen LogP contribution in [0.1, 0.15) is 32.6 Å². The first-order valence-electron chi connectivity index (χ1n) is 4.52. The Morgan fingerprint density at radius 2 is 2.25 bits per heavy atom. The zero-order chi connectivity index (χ0) is 9.14. The van der Waals surface area contributed by atoms with Crippen LogP contribution < -0.4 is 0 Å². The number of carbonyl (C=O) groups is 1. The highest BCUT2D eigenvalue weighted by Crippen LogP contribution is 2.34. The molecule has 1 rings (SSSR count). The van der Waals surface area contributed by atoms with Crippen molar-refractivity contribution >= 4 is 17.6 Å². The summed E-state index contributed by atoms with van der Waals surface area (Å²) in [6, 6.07) is 0. The Hall–Kier alpha value is -0.240. The molecule has 0 aromatic carbocycles. The standard InChI is InChI=1S/C9H15ClO2/c1-2-6-5-7(10)3-4-8(6)9(11)12/h6-8H,2-5H2,1H3,(H,11,12). The Balaban J connectivity index is 2.56. The summed E-state index contributed by atoms with van der Waals surface area (Å²) in [6.07, 6.45) is 3.41. The van der Waals surface area contributed by atoms with E-state index in [4.69, 9.17) is 16.7 Å². The second-order valence-electron chi connectivity index (χ2n) is 3.52. The fourth-order valence-corrected chi connectivity index (χ4v) is 2.34. The third-order valence-electron chi connectivity index (χ3n) is 2.76. The summed E-state index contributed by atoms with van der Waals surface area (Å²) in [5, 5.41) is 9.08. The molecule has 0 aromatic heterocycles. The van der Waals surface area contributed by atoms with Crippen LogP contribution in [0.5, 0.6) is 0 Å². The highest BCUT2D eigenvalue weighted by atomic mass is 35.5. The quantitative estimate of drug-likeness (QED) is 0.680. The summed E-state index contributed by atoms with van der Waals surface area (Å²) in [5.41, 5.74) is 0. The van der Waals surface area contributed by atoms with Crippen molar-refractivity contribution in [3.8, 4) is 0 Å². The maximum Gasteiger partial charge on any atom is 0.306 e. The summed E-state index contributed by atoms with van der Waals surface area (Å²) in [7, 11) is 0. The average molecular weight is 191 g/mol. The van der Waals surface area contributed by atoms with Gasteiger partial charge in [-0.15, -0.1) is 11.6 Å². The fourth-order valence-electron chi connectivity index (χ4n) is 1.98. The van der Waals surface area contributed by atoms with E-state index in [1.807, 2.05) is 6.92 Å². The Kier molecular flexibility index (Phi) is 3.39. The van der Waals surface area contributed by atoms with Crippen LogP contribution in [0, 0.1) is 11.8 Å². The van der Waals surface area contributed by atoms with Gasteiger partial charge in [-0.3, -0.25) is 4.79 Å². The molecular formula is C9H15ClO2. The normalized spacial score (nSPS) is 36.3. The zero-order valence-electron chi connectivity index (χ0n) is 7.29. The van der Waals surface area contributed by atoms with Crippen LogP contribution in [0.3, 0.4) is 0 Å². The average Bonchev–Trinajstić information content (AvgIpc) is 2.03. The number of carboxylic acid groups (broad SMARTS) is 1. The molecule has 3 atom stereocenters. The lowest BCUT2D eigenvalue weighted by Gasteiger charge is -2.30. The van der Waals surface area contributed by atoms with Crippen LogP contribution >= 0.6 is 11.6 Å². The number of aliphatic carboxylic acids is 1. The minimum absolute atomic E-state index is 0.148. The molecule has 1 aliphatic carbocycles. The molecule has 3 heteroatoms. The molecule has 1 saturated carbocycles. The van der Waals surface area contributed by atoms with E-state index in [9.17, 15) is 4.79 Å². The van der Waals surface area contributed by atoms with Crippen molar-refractivity contribution < 1.29 is 9.90 Å². The highest BCUT2D eigenvalue weighted by molar-refractivity contribution is 6.20. The van der Waals surface area contributed by atoms with Crippen LogP contribution in [-0.2, 0) is 4.79 Å². The fraction of sp³-hybridized carbons (Fsp3) is 0.889. The third-order valence-corrected chi connectivity index (χ3v) is 3.16. The molecule has 1 fully saturated rings. The van der Waals surface area contributed by atoms with E-state index in [0.717, 1.165) is 25.7 Å². The number of alkyl halides is 1. The van der Waals surface area contributed by atoms with E-state index in [-0.39, 0.29) is 11.3 Å². The molecule has 0 amide bonds. The maximum atomic E-state index is 10.8. The molecule has 0 aliphatic heterocycles. The monoisotopic (exact) mass is 190 g/mol. The van der Waals surface area contributed by atoms with Crippen LogP contribution in [0.4, 0.5) is 0 Å². The van der Waals surface area contributed by atoms with Crippen molar-refractivity contribution in [1.82, 2.24) is 0 Å². The second kappa shape index (κ2) is 4.13. The first-order valence-corrected chi connectivity index (χ1v) is 4.95. The van der Waals surface area contributed by atoms with E-state index in [2.05, 4.69) is 0 Å². The summed E-state index contributed by atoms with van der Waals surface area (Å²) in [4.78, 5) is 10.8. The van der Waals surface area contributed by atoms with Crippen molar-refractivity contribution in [2.75, 3.05) is 0 Å². The van der Waals surface area contributed by atoms with E-state index in [1.165, 1.54) is 0 Å². The van der Waals surface area contributed by atoms with Crippen molar-refractivity contribution in [3.05, 3.63) is 0 Å². The molecule has 12 heavy (non-hydrogen) atoms. The first kappa shape index (κ1) is 9.85. The lowest BCUT2D eigenvalue weighted by molar-refractivity contribution is -0.144. The minimum Gasteiger partial charge on any atom is -0.481 e. The van der Waals surface area contributed by atoms with E-state index in [1.54, 1.807) is 0 Å². The van der Waals surface area contributed by atoms with Gasteiger partial charge in [0.05, 0.1) is 5.92 Å². The van der Waals surface area contributed by atoms with E-state index >= 15 is 0 Å². The highest BCUT2D eigenvalue weighted by Gasteiger charge is 2.32. The van der Waals surface area contributed by atoms with Gasteiger partial charge in [0, 0.05) is 5.38 Å². The molecule has 0 spiro atoms. The zero-order valence-corrected chi connectivity index (χ0v) is 8.05. The SMILES string of the molecule is CCC1CC(Cl)CCC1C(=O)O. The predicted molar refractivity (Wildman–Crippen MR) is 48.4 cm³/mol. The summed E-state index contributed by atoms with van der Waals surface area (Å²) in [6.45, 7) is 2.04. The molecule has 0 aromatic rings. The van der Waals surface area contributed by atoms with Gasteiger partial charge in [-0.05, 0) is 25.2 Å². The number of rotatable bonds is 2. The first-order chi connectivity index (χ1) is 5.65. The van der Waals surface area contributed by atoms with Crippen LogP contribution in [0.15, 0.2) is 0 Å². The molecule has 70 valence electrons. The van der Waals surface area contributed by atoms with Gasteiger partial charge in [-0.2, -0.15) is 0 Å². The Morgan fingerprint density at radius 3 is 2.75 bits per heavy atom. The molecule has 3 unspecified atom stereocenters. The largest absolute Gasteiger partial charge is 0.481 e. The minimum atomic E-state index is -0.648. The molecule has 1 aliphatic rings. The number of halogens is 1. The molecule has 0 radical (unpaired) electrons. The van der Waals surface area contributed by atoms with Crippen molar-refractivity contribution in [2.24, 2.45) is 11.8 Å². The van der Waals surface area contributed by atoms with Crippen molar-refractivity contribution in [1.29, 1.82) is 0 Å². The molecule has 1 N–H and O–H groups in total. The van der Waals surface area contributed by atoms with Gasteiger partial charge >= 0.3 is 5.97 Å². The Bertz CT molecular complexity index is 170. The van der Waals surface area contributed by atoms with Gasteiger partial charge in [0.25, 0.3) is 0 Å². The predicted octanol–water partition coefficient (Wildman–Crippen LogP) is 2.50. The summed E-state index contributed by atoms with van der Waals surface area (Å²) < 4.78 is 0. The molecular weight excluding hydrogens is 176 g/mol. The summed E-state index contributed by atoms with van der Waals surface area (Å²) in [5.74, 6) is -0.505. The number of carboxylic acids is 1. The summed E-state index contributed by atoms with van der Waals surface area (Å²) >= 11 is 5.97.